The van der Waals surface area contributed by atoms with E-state index in [9.17, 15) is 4.79 Å². The lowest BCUT2D eigenvalue weighted by molar-refractivity contribution is 0.0502. The predicted octanol–water partition coefficient (Wildman–Crippen LogP) is 2.76. The maximum atomic E-state index is 11.8. The summed E-state index contributed by atoms with van der Waals surface area (Å²) in [6.07, 6.45) is 2.13. The highest BCUT2D eigenvalue weighted by molar-refractivity contribution is 5.85. The zero-order valence-electron chi connectivity index (χ0n) is 11.9. The standard InChI is InChI=1S/C13H23N3O2/c1-6-9(3)8-10(4)16-11(5)14-15-12(16)13(17)18-7-2/h9-10H,6-8H2,1-5H3. The largest absolute Gasteiger partial charge is 0.460 e. The van der Waals surface area contributed by atoms with E-state index in [1.165, 1.54) is 0 Å². The van der Waals surface area contributed by atoms with Gasteiger partial charge in [0, 0.05) is 6.04 Å². The van der Waals surface area contributed by atoms with E-state index in [1.54, 1.807) is 6.92 Å². The van der Waals surface area contributed by atoms with Crippen LogP contribution in [0.15, 0.2) is 0 Å². The van der Waals surface area contributed by atoms with Crippen molar-refractivity contribution in [2.45, 2.75) is 53.5 Å². The number of hydrogen-bond acceptors (Lipinski definition) is 4. The van der Waals surface area contributed by atoms with Crippen molar-refractivity contribution in [2.75, 3.05) is 6.61 Å². The molecule has 0 aliphatic rings. The Bertz CT molecular complexity index is 401. The Morgan fingerprint density at radius 1 is 1.33 bits per heavy atom. The van der Waals surface area contributed by atoms with Crippen molar-refractivity contribution in [3.63, 3.8) is 0 Å². The molecule has 0 radical (unpaired) electrons. The smallest absolute Gasteiger partial charge is 0.376 e. The average molecular weight is 253 g/mol. The van der Waals surface area contributed by atoms with Crippen LogP contribution < -0.4 is 0 Å². The molecule has 1 aromatic rings. The first-order chi connectivity index (χ1) is 8.51. The molecule has 0 fully saturated rings. The van der Waals surface area contributed by atoms with E-state index in [-0.39, 0.29) is 6.04 Å². The molecule has 0 saturated carbocycles. The lowest BCUT2D eigenvalue weighted by Crippen LogP contribution is -2.18. The summed E-state index contributed by atoms with van der Waals surface area (Å²) in [5, 5.41) is 7.91. The second kappa shape index (κ2) is 6.52. The first kappa shape index (κ1) is 14.7. The summed E-state index contributed by atoms with van der Waals surface area (Å²) in [6, 6.07) is 0.203. The fourth-order valence-electron chi connectivity index (χ4n) is 2.09. The van der Waals surface area contributed by atoms with Crippen molar-refractivity contribution < 1.29 is 9.53 Å². The first-order valence-electron chi connectivity index (χ1n) is 6.59. The van der Waals surface area contributed by atoms with E-state index in [0.717, 1.165) is 18.7 Å². The van der Waals surface area contributed by atoms with Crippen LogP contribution in [0.25, 0.3) is 0 Å². The third-order valence-corrected chi connectivity index (χ3v) is 3.21. The average Bonchev–Trinajstić information content (AvgIpc) is 2.71. The van der Waals surface area contributed by atoms with Crippen molar-refractivity contribution in [1.29, 1.82) is 0 Å². The third kappa shape index (κ3) is 3.31. The molecule has 0 N–H and O–H groups in total. The molecular formula is C13H23N3O2. The van der Waals surface area contributed by atoms with Crippen molar-refractivity contribution in [3.05, 3.63) is 11.6 Å². The molecule has 0 aromatic carbocycles. The van der Waals surface area contributed by atoms with Gasteiger partial charge in [-0.2, -0.15) is 0 Å². The first-order valence-corrected chi connectivity index (χ1v) is 6.59. The molecule has 0 spiro atoms. The Morgan fingerprint density at radius 3 is 2.56 bits per heavy atom. The monoisotopic (exact) mass is 253 g/mol. The van der Waals surface area contributed by atoms with Gasteiger partial charge in [0.1, 0.15) is 5.82 Å². The van der Waals surface area contributed by atoms with Gasteiger partial charge in [0.25, 0.3) is 0 Å². The van der Waals surface area contributed by atoms with E-state index in [0.29, 0.717) is 18.3 Å². The topological polar surface area (TPSA) is 57.0 Å². The van der Waals surface area contributed by atoms with Gasteiger partial charge in [0.15, 0.2) is 0 Å². The number of aryl methyl sites for hydroxylation is 1. The Hall–Kier alpha value is -1.39. The molecule has 0 bridgehead atoms. The van der Waals surface area contributed by atoms with Crippen LogP contribution in [-0.4, -0.2) is 27.3 Å². The fraction of sp³-hybridized carbons (Fsp3) is 0.769. The lowest BCUT2D eigenvalue weighted by Gasteiger charge is -2.19. The van der Waals surface area contributed by atoms with Crippen LogP contribution in [0.2, 0.25) is 0 Å². The molecule has 18 heavy (non-hydrogen) atoms. The van der Waals surface area contributed by atoms with Gasteiger partial charge in [-0.1, -0.05) is 20.3 Å². The summed E-state index contributed by atoms with van der Waals surface area (Å²) >= 11 is 0. The van der Waals surface area contributed by atoms with E-state index in [1.807, 2.05) is 11.5 Å². The van der Waals surface area contributed by atoms with Crippen LogP contribution in [0.4, 0.5) is 0 Å². The number of ether oxygens (including phenoxy) is 1. The van der Waals surface area contributed by atoms with E-state index in [4.69, 9.17) is 4.74 Å². The second-order valence-electron chi connectivity index (χ2n) is 4.76. The quantitative estimate of drug-likeness (QED) is 0.731. The van der Waals surface area contributed by atoms with E-state index in [2.05, 4.69) is 31.0 Å². The summed E-state index contributed by atoms with van der Waals surface area (Å²) in [7, 11) is 0. The van der Waals surface area contributed by atoms with Crippen LogP contribution in [0.5, 0.6) is 0 Å². The Morgan fingerprint density at radius 2 is 2.00 bits per heavy atom. The minimum atomic E-state index is -0.394. The minimum Gasteiger partial charge on any atom is -0.460 e. The summed E-state index contributed by atoms with van der Waals surface area (Å²) in [4.78, 5) is 11.8. The highest BCUT2D eigenvalue weighted by atomic mass is 16.5. The highest BCUT2D eigenvalue weighted by Gasteiger charge is 2.22. The molecule has 1 aromatic heterocycles. The van der Waals surface area contributed by atoms with E-state index >= 15 is 0 Å². The lowest BCUT2D eigenvalue weighted by atomic mass is 10.00. The van der Waals surface area contributed by atoms with Gasteiger partial charge >= 0.3 is 5.97 Å². The van der Waals surface area contributed by atoms with Gasteiger partial charge in [0.2, 0.25) is 5.82 Å². The molecule has 2 atom stereocenters. The number of aromatic nitrogens is 3. The molecule has 0 amide bonds. The van der Waals surface area contributed by atoms with Crippen LogP contribution in [0, 0.1) is 12.8 Å². The van der Waals surface area contributed by atoms with Gasteiger partial charge in [-0.25, -0.2) is 4.79 Å². The SMILES string of the molecule is CCOC(=O)c1nnc(C)n1C(C)CC(C)CC. The van der Waals surface area contributed by atoms with E-state index < -0.39 is 5.97 Å². The van der Waals surface area contributed by atoms with Crippen LogP contribution >= 0.6 is 0 Å². The number of hydrogen-bond donors (Lipinski definition) is 0. The highest BCUT2D eigenvalue weighted by Crippen LogP contribution is 2.22. The van der Waals surface area contributed by atoms with Crippen molar-refractivity contribution in [2.24, 2.45) is 5.92 Å². The second-order valence-corrected chi connectivity index (χ2v) is 4.76. The molecule has 102 valence electrons. The van der Waals surface area contributed by atoms with Gasteiger partial charge in [-0.3, -0.25) is 0 Å². The molecule has 1 rings (SSSR count). The van der Waals surface area contributed by atoms with Crippen LogP contribution in [0.3, 0.4) is 0 Å². The zero-order chi connectivity index (χ0) is 13.7. The number of carbonyl (C=O) groups excluding carboxylic acids is 1. The summed E-state index contributed by atoms with van der Waals surface area (Å²) in [5.74, 6) is 1.28. The summed E-state index contributed by atoms with van der Waals surface area (Å²) in [5.41, 5.74) is 0. The summed E-state index contributed by atoms with van der Waals surface area (Å²) < 4.78 is 6.88. The Balaban J connectivity index is 2.93. The molecule has 5 nitrogen and oxygen atoms in total. The molecule has 2 unspecified atom stereocenters. The molecule has 0 aliphatic heterocycles. The van der Waals surface area contributed by atoms with Crippen molar-refractivity contribution in [3.8, 4) is 0 Å². The number of carbonyl (C=O) groups is 1. The minimum absolute atomic E-state index is 0.203. The third-order valence-electron chi connectivity index (χ3n) is 3.21. The van der Waals surface area contributed by atoms with Crippen molar-refractivity contribution in [1.82, 2.24) is 14.8 Å². The predicted molar refractivity (Wildman–Crippen MR) is 69.5 cm³/mol. The maximum absolute atomic E-state index is 11.8. The fourth-order valence-corrected chi connectivity index (χ4v) is 2.09. The van der Waals surface area contributed by atoms with Gasteiger partial charge in [-0.15, -0.1) is 10.2 Å². The molecule has 1 heterocycles. The van der Waals surface area contributed by atoms with Gasteiger partial charge in [-0.05, 0) is 33.1 Å². The Kier molecular flexibility index (Phi) is 5.31. The van der Waals surface area contributed by atoms with Crippen LogP contribution in [-0.2, 0) is 4.74 Å². The molecule has 0 aliphatic carbocycles. The normalized spacial score (nSPS) is 14.3. The number of nitrogens with zero attached hydrogens (tertiary/aromatic N) is 3. The number of rotatable bonds is 6. The summed E-state index contributed by atoms with van der Waals surface area (Å²) in [6.45, 7) is 10.5. The molecule has 5 heteroatoms. The van der Waals surface area contributed by atoms with Gasteiger partial charge < -0.3 is 9.30 Å². The Labute approximate surface area is 109 Å². The number of esters is 1. The molecular weight excluding hydrogens is 230 g/mol. The van der Waals surface area contributed by atoms with Crippen LogP contribution in [0.1, 0.15) is 63.0 Å². The zero-order valence-corrected chi connectivity index (χ0v) is 11.9. The molecule has 0 saturated heterocycles. The van der Waals surface area contributed by atoms with Gasteiger partial charge in [0.05, 0.1) is 6.61 Å². The van der Waals surface area contributed by atoms with Crippen molar-refractivity contribution >= 4 is 5.97 Å². The maximum Gasteiger partial charge on any atom is 0.376 e.